The maximum absolute atomic E-state index is 12.6. The second-order valence-electron chi connectivity index (χ2n) is 8.36. The fourth-order valence-corrected chi connectivity index (χ4v) is 4.43. The summed E-state index contributed by atoms with van der Waals surface area (Å²) in [5.74, 6) is -0.668. The molecule has 0 unspecified atom stereocenters. The highest BCUT2D eigenvalue weighted by atomic mass is 32.2. The van der Waals surface area contributed by atoms with Gasteiger partial charge in [0.15, 0.2) is 5.17 Å². The number of para-hydroxylation sites is 1. The first-order valence-electron chi connectivity index (χ1n) is 12.4. The molecule has 3 aromatic rings. The molecule has 1 aliphatic heterocycles. The predicted molar refractivity (Wildman–Crippen MR) is 154 cm³/mol. The summed E-state index contributed by atoms with van der Waals surface area (Å²) in [4.78, 5) is 33.3. The molecule has 216 valence electrons. The molecule has 1 amide bonds. The van der Waals surface area contributed by atoms with E-state index in [1.165, 1.54) is 41.3 Å². The number of nitrogens with zero attached hydrogens (tertiary/aromatic N) is 4. The second-order valence-corrected chi connectivity index (χ2v) is 9.31. The van der Waals surface area contributed by atoms with Crippen molar-refractivity contribution in [3.63, 3.8) is 0 Å². The van der Waals surface area contributed by atoms with Crippen molar-refractivity contribution in [1.29, 1.82) is 0 Å². The third-order valence-corrected chi connectivity index (χ3v) is 6.40. The molecule has 0 aromatic heterocycles. The first kappa shape index (κ1) is 30.0. The molecule has 42 heavy (non-hydrogen) atoms. The van der Waals surface area contributed by atoms with Gasteiger partial charge in [0.2, 0.25) is 18.1 Å². The van der Waals surface area contributed by atoms with E-state index in [1.54, 1.807) is 55.5 Å². The monoisotopic (exact) mass is 597 g/mol. The largest absolute Gasteiger partial charge is 0.573 e. The molecule has 0 atom stereocenters. The Labute approximate surface area is 242 Å². The van der Waals surface area contributed by atoms with Crippen molar-refractivity contribution in [2.45, 2.75) is 13.3 Å². The summed E-state index contributed by atoms with van der Waals surface area (Å²) in [5, 5.41) is 8.64. The number of anilines is 1. The number of benzene rings is 3. The number of amidine groups is 2. The number of nitrogens with two attached hydrogens (primary N) is 1. The maximum atomic E-state index is 12.6. The van der Waals surface area contributed by atoms with Crippen LogP contribution in [0.15, 0.2) is 88.0 Å². The van der Waals surface area contributed by atoms with Gasteiger partial charge in [-0.1, -0.05) is 36.0 Å². The summed E-state index contributed by atoms with van der Waals surface area (Å²) in [7, 11) is 0. The number of ether oxygens (including phenoxy) is 2. The first-order chi connectivity index (χ1) is 20.1. The van der Waals surface area contributed by atoms with Crippen LogP contribution in [0.4, 0.5) is 24.5 Å². The van der Waals surface area contributed by atoms with E-state index in [2.05, 4.69) is 24.9 Å². The summed E-state index contributed by atoms with van der Waals surface area (Å²) in [6, 6.07) is 18.7. The van der Waals surface area contributed by atoms with Crippen LogP contribution >= 0.6 is 11.8 Å². The standard InChI is InChI=1S/C28H23F3N6O4S/c1-2-40-26(39)22-5-3-4-6-23(22)37-24(38)16-42-27(37)36-35-15-18-7-9-19(10-8-18)25(32)34-17-33-20-11-13-21(14-12-20)41-28(29,30)31/h3-15,17H,2,16H2,1H3,(H2,32,33,34)/p+1/b35-15+,36-27-. The van der Waals surface area contributed by atoms with Gasteiger partial charge in [0.1, 0.15) is 11.4 Å². The van der Waals surface area contributed by atoms with E-state index in [0.29, 0.717) is 27.7 Å². The van der Waals surface area contributed by atoms with Gasteiger partial charge in [-0.3, -0.25) is 9.69 Å². The smallest absolute Gasteiger partial charge is 0.462 e. The molecule has 1 heterocycles. The molecule has 0 spiro atoms. The Morgan fingerprint density at radius 3 is 2.50 bits per heavy atom. The quantitative estimate of drug-likeness (QED) is 0.168. The van der Waals surface area contributed by atoms with Crippen LogP contribution in [-0.4, -0.2) is 54.2 Å². The summed E-state index contributed by atoms with van der Waals surface area (Å²) >= 11 is 1.21. The van der Waals surface area contributed by atoms with Crippen molar-refractivity contribution in [3.8, 4) is 5.75 Å². The van der Waals surface area contributed by atoms with Crippen molar-refractivity contribution < 1.29 is 37.2 Å². The average Bonchev–Trinajstić information content (AvgIpc) is 3.33. The van der Waals surface area contributed by atoms with Crippen LogP contribution in [0.2, 0.25) is 0 Å². The Hall–Kier alpha value is -4.98. The summed E-state index contributed by atoms with van der Waals surface area (Å²) in [5.41, 5.74) is 8.44. The Morgan fingerprint density at radius 2 is 1.81 bits per heavy atom. The zero-order chi connectivity index (χ0) is 30.1. The molecule has 0 bridgehead atoms. The van der Waals surface area contributed by atoms with E-state index in [-0.39, 0.29) is 35.4 Å². The van der Waals surface area contributed by atoms with Gasteiger partial charge in [-0.2, -0.15) is 5.10 Å². The van der Waals surface area contributed by atoms with E-state index in [0.717, 1.165) is 12.1 Å². The highest BCUT2D eigenvalue weighted by Gasteiger charge is 2.33. The van der Waals surface area contributed by atoms with Crippen LogP contribution in [0.3, 0.4) is 0 Å². The normalized spacial score (nSPS) is 15.2. The third kappa shape index (κ3) is 8.04. The van der Waals surface area contributed by atoms with Gasteiger partial charge in [-0.25, -0.2) is 9.79 Å². The summed E-state index contributed by atoms with van der Waals surface area (Å²) < 4.78 is 45.7. The first-order valence-corrected chi connectivity index (χ1v) is 13.3. The lowest BCUT2D eigenvalue weighted by Crippen LogP contribution is -2.74. The van der Waals surface area contributed by atoms with Gasteiger partial charge in [-0.15, -0.1) is 23.3 Å². The molecule has 1 saturated heterocycles. The Kier molecular flexibility index (Phi) is 9.70. The number of nitrogens with one attached hydrogen (secondary N) is 1. The van der Waals surface area contributed by atoms with Crippen molar-refractivity contribution >= 4 is 58.6 Å². The van der Waals surface area contributed by atoms with Gasteiger partial charge in [0.05, 0.1) is 29.8 Å². The number of halogens is 3. The van der Waals surface area contributed by atoms with Gasteiger partial charge in [0, 0.05) is 5.56 Å². The van der Waals surface area contributed by atoms with E-state index < -0.39 is 12.3 Å². The minimum absolute atomic E-state index is 0.156. The lowest BCUT2D eigenvalue weighted by molar-refractivity contribution is -0.303. The molecule has 1 aliphatic rings. The fraction of sp³-hybridized carbons (Fsp3) is 0.143. The molecule has 14 heteroatoms. The number of amides is 1. The van der Waals surface area contributed by atoms with Crippen LogP contribution in [0.1, 0.15) is 28.4 Å². The number of nitrogen functional groups attached to an aromatic ring is 1. The number of hydrogen-bond acceptors (Lipinski definition) is 8. The van der Waals surface area contributed by atoms with Crippen LogP contribution in [0.5, 0.6) is 5.75 Å². The number of esters is 1. The van der Waals surface area contributed by atoms with E-state index in [1.807, 2.05) is 0 Å². The van der Waals surface area contributed by atoms with Crippen LogP contribution in [0.25, 0.3) is 0 Å². The lowest BCUT2D eigenvalue weighted by Gasteiger charge is -2.18. The third-order valence-electron chi connectivity index (χ3n) is 5.48. The molecular formula is C28H24F3N6O4S+. The zero-order valence-electron chi connectivity index (χ0n) is 22.0. The van der Waals surface area contributed by atoms with Gasteiger partial charge in [-0.05, 0) is 61.0 Å². The van der Waals surface area contributed by atoms with E-state index in [9.17, 15) is 22.8 Å². The lowest BCUT2D eigenvalue weighted by atomic mass is 10.1. The molecular weight excluding hydrogens is 573 g/mol. The number of carbonyl (C=O) groups excluding carboxylic acids is 2. The fourth-order valence-electron chi connectivity index (χ4n) is 3.61. The topological polar surface area (TPSA) is 133 Å². The van der Waals surface area contributed by atoms with Gasteiger partial charge in [0.25, 0.3) is 0 Å². The average molecular weight is 598 g/mol. The van der Waals surface area contributed by atoms with Crippen LogP contribution in [0, 0.1) is 0 Å². The van der Waals surface area contributed by atoms with Gasteiger partial charge >= 0.3 is 12.3 Å². The minimum atomic E-state index is -4.76. The molecule has 0 aliphatic carbocycles. The number of rotatable bonds is 9. The highest BCUT2D eigenvalue weighted by Crippen LogP contribution is 2.30. The number of carbonyl (C=O) groups is 2. The highest BCUT2D eigenvalue weighted by molar-refractivity contribution is 8.15. The Bertz CT molecular complexity index is 1560. The SMILES string of the molecule is CCOC(=O)c1ccccc1N1C(=O)CS/C1=N\N=C\c1ccc(C(N)=[NH+]C=Nc2ccc(OC(F)(F)F)cc2)cc1. The number of aliphatic imine (C=N–C) groups is 1. The number of alkyl halides is 3. The summed E-state index contributed by atoms with van der Waals surface area (Å²) in [6.07, 6.45) is -1.94. The molecule has 0 saturated carbocycles. The molecule has 10 nitrogen and oxygen atoms in total. The van der Waals surface area contributed by atoms with Crippen LogP contribution in [-0.2, 0) is 9.53 Å². The minimum Gasteiger partial charge on any atom is -0.462 e. The molecule has 3 N–H and O–H groups in total. The van der Waals surface area contributed by atoms with E-state index >= 15 is 0 Å². The Morgan fingerprint density at radius 1 is 1.10 bits per heavy atom. The maximum Gasteiger partial charge on any atom is 0.573 e. The zero-order valence-corrected chi connectivity index (χ0v) is 22.9. The molecule has 4 rings (SSSR count). The van der Waals surface area contributed by atoms with Gasteiger partial charge < -0.3 is 15.2 Å². The summed E-state index contributed by atoms with van der Waals surface area (Å²) in [6.45, 7) is 1.91. The number of hydrogen-bond donors (Lipinski definition) is 2. The molecule has 1 fully saturated rings. The Balaban J connectivity index is 1.41. The van der Waals surface area contributed by atoms with Crippen LogP contribution < -0.4 is 20.4 Å². The van der Waals surface area contributed by atoms with Crippen molar-refractivity contribution in [2.75, 3.05) is 17.3 Å². The molecule has 3 aromatic carbocycles. The van der Waals surface area contributed by atoms with Crippen molar-refractivity contribution in [3.05, 3.63) is 89.5 Å². The molecule has 0 radical (unpaired) electrons. The van der Waals surface area contributed by atoms with Crippen molar-refractivity contribution in [2.24, 2.45) is 20.9 Å². The van der Waals surface area contributed by atoms with Crippen molar-refractivity contribution in [1.82, 2.24) is 0 Å². The van der Waals surface area contributed by atoms with E-state index in [4.69, 9.17) is 10.5 Å². The second kappa shape index (κ2) is 13.6. The number of thioether (sulfide) groups is 1. The predicted octanol–water partition coefficient (Wildman–Crippen LogP) is 3.38.